The first-order chi connectivity index (χ1) is 6.90. The number of hydrogen-bond acceptors (Lipinski definition) is 2. The summed E-state index contributed by atoms with van der Waals surface area (Å²) in [6.45, 7) is 0.795. The Morgan fingerprint density at radius 1 is 1.36 bits per heavy atom. The molecule has 1 aliphatic rings. The Morgan fingerprint density at radius 2 is 2.14 bits per heavy atom. The van der Waals surface area contributed by atoms with Crippen LogP contribution in [0.25, 0.3) is 0 Å². The molecule has 14 heavy (non-hydrogen) atoms. The van der Waals surface area contributed by atoms with Crippen molar-refractivity contribution in [3.63, 3.8) is 0 Å². The number of nitrogens with one attached hydrogen (secondary N) is 1. The van der Waals surface area contributed by atoms with E-state index in [0.717, 1.165) is 19.1 Å². The van der Waals surface area contributed by atoms with Gasteiger partial charge in [-0.1, -0.05) is 18.2 Å². The zero-order valence-corrected chi connectivity index (χ0v) is 8.62. The first kappa shape index (κ1) is 9.53. The second-order valence-corrected chi connectivity index (χ2v) is 3.82. The lowest BCUT2D eigenvalue weighted by molar-refractivity contribution is 0.202. The summed E-state index contributed by atoms with van der Waals surface area (Å²) in [6, 6.07) is 9.22. The van der Waals surface area contributed by atoms with E-state index in [-0.39, 0.29) is 0 Å². The van der Waals surface area contributed by atoms with Crippen molar-refractivity contribution < 1.29 is 4.74 Å². The lowest BCUT2D eigenvalue weighted by atomic mass is 10.1. The van der Waals surface area contributed by atoms with E-state index in [2.05, 4.69) is 29.6 Å². The van der Waals surface area contributed by atoms with Gasteiger partial charge in [-0.3, -0.25) is 0 Å². The Balaban J connectivity index is 2.02. The van der Waals surface area contributed by atoms with Crippen LogP contribution >= 0.6 is 0 Å². The predicted octanol–water partition coefficient (Wildman–Crippen LogP) is 2.45. The zero-order valence-electron chi connectivity index (χ0n) is 8.62. The van der Waals surface area contributed by atoms with Crippen molar-refractivity contribution in [1.29, 1.82) is 0 Å². The molecule has 0 unspecified atom stereocenters. The van der Waals surface area contributed by atoms with Crippen LogP contribution in [0.15, 0.2) is 24.3 Å². The molecule has 0 aromatic heterocycles. The SMILES string of the molecule is COCCc1ccccc1NC1CC1. The summed E-state index contributed by atoms with van der Waals surface area (Å²) in [4.78, 5) is 0. The number of ether oxygens (including phenoxy) is 1. The summed E-state index contributed by atoms with van der Waals surface area (Å²) in [5.41, 5.74) is 2.65. The summed E-state index contributed by atoms with van der Waals surface area (Å²) >= 11 is 0. The molecule has 1 fully saturated rings. The predicted molar refractivity (Wildman–Crippen MR) is 58.7 cm³/mol. The maximum atomic E-state index is 5.09. The summed E-state index contributed by atoms with van der Waals surface area (Å²) < 4.78 is 5.09. The summed E-state index contributed by atoms with van der Waals surface area (Å²) in [6.07, 6.45) is 3.63. The topological polar surface area (TPSA) is 21.3 Å². The van der Waals surface area contributed by atoms with E-state index in [1.807, 2.05) is 0 Å². The van der Waals surface area contributed by atoms with E-state index in [1.54, 1.807) is 7.11 Å². The normalized spacial score (nSPS) is 15.5. The van der Waals surface area contributed by atoms with Gasteiger partial charge in [-0.25, -0.2) is 0 Å². The average molecular weight is 191 g/mol. The van der Waals surface area contributed by atoms with E-state index in [0.29, 0.717) is 0 Å². The highest BCUT2D eigenvalue weighted by atomic mass is 16.5. The summed E-state index contributed by atoms with van der Waals surface area (Å²) in [5, 5.41) is 3.54. The lowest BCUT2D eigenvalue weighted by Crippen LogP contribution is -2.05. The maximum absolute atomic E-state index is 5.09. The van der Waals surface area contributed by atoms with Crippen LogP contribution in [-0.4, -0.2) is 19.8 Å². The Bertz CT molecular complexity index is 294. The van der Waals surface area contributed by atoms with Gasteiger partial charge in [-0.15, -0.1) is 0 Å². The molecule has 0 atom stereocenters. The van der Waals surface area contributed by atoms with Gasteiger partial charge in [0.2, 0.25) is 0 Å². The number of methoxy groups -OCH3 is 1. The number of benzene rings is 1. The Morgan fingerprint density at radius 3 is 2.86 bits per heavy atom. The van der Waals surface area contributed by atoms with Gasteiger partial charge in [0, 0.05) is 18.8 Å². The van der Waals surface area contributed by atoms with Gasteiger partial charge in [0.05, 0.1) is 6.61 Å². The fourth-order valence-corrected chi connectivity index (χ4v) is 1.54. The highest BCUT2D eigenvalue weighted by Gasteiger charge is 2.21. The fourth-order valence-electron chi connectivity index (χ4n) is 1.54. The molecule has 1 saturated carbocycles. The summed E-state index contributed by atoms with van der Waals surface area (Å²) in [7, 11) is 1.75. The largest absolute Gasteiger partial charge is 0.384 e. The Hall–Kier alpha value is -1.02. The number of hydrogen-bond donors (Lipinski definition) is 1. The van der Waals surface area contributed by atoms with E-state index < -0.39 is 0 Å². The molecule has 0 bridgehead atoms. The van der Waals surface area contributed by atoms with Crippen LogP contribution in [0.4, 0.5) is 5.69 Å². The quantitative estimate of drug-likeness (QED) is 0.772. The second-order valence-electron chi connectivity index (χ2n) is 3.82. The molecule has 2 rings (SSSR count). The molecule has 0 spiro atoms. The molecular weight excluding hydrogens is 174 g/mol. The Labute approximate surface area is 85.3 Å². The molecule has 1 aromatic carbocycles. The van der Waals surface area contributed by atoms with Gasteiger partial charge in [0.25, 0.3) is 0 Å². The highest BCUT2D eigenvalue weighted by Crippen LogP contribution is 2.26. The molecule has 2 nitrogen and oxygen atoms in total. The minimum Gasteiger partial charge on any atom is -0.384 e. The average Bonchev–Trinajstić information content (AvgIpc) is 3.01. The van der Waals surface area contributed by atoms with Crippen LogP contribution in [0.2, 0.25) is 0 Å². The first-order valence-electron chi connectivity index (χ1n) is 5.23. The van der Waals surface area contributed by atoms with Crippen LogP contribution < -0.4 is 5.32 Å². The molecule has 0 aliphatic heterocycles. The van der Waals surface area contributed by atoms with Crippen molar-refractivity contribution >= 4 is 5.69 Å². The van der Waals surface area contributed by atoms with E-state index in [9.17, 15) is 0 Å². The molecule has 1 N–H and O–H groups in total. The number of para-hydroxylation sites is 1. The van der Waals surface area contributed by atoms with E-state index in [4.69, 9.17) is 4.74 Å². The molecule has 2 heteroatoms. The first-order valence-corrected chi connectivity index (χ1v) is 5.23. The van der Waals surface area contributed by atoms with Crippen molar-refractivity contribution in [3.8, 4) is 0 Å². The highest BCUT2D eigenvalue weighted by molar-refractivity contribution is 5.52. The van der Waals surface area contributed by atoms with Crippen molar-refractivity contribution in [3.05, 3.63) is 29.8 Å². The zero-order chi connectivity index (χ0) is 9.80. The molecule has 0 heterocycles. The van der Waals surface area contributed by atoms with Gasteiger partial charge in [-0.2, -0.15) is 0 Å². The molecule has 1 aliphatic carbocycles. The van der Waals surface area contributed by atoms with Gasteiger partial charge < -0.3 is 10.1 Å². The van der Waals surface area contributed by atoms with Crippen LogP contribution in [-0.2, 0) is 11.2 Å². The van der Waals surface area contributed by atoms with Crippen molar-refractivity contribution in [2.24, 2.45) is 0 Å². The van der Waals surface area contributed by atoms with Crippen molar-refractivity contribution in [2.45, 2.75) is 25.3 Å². The molecule has 76 valence electrons. The minimum absolute atomic E-state index is 0.721. The third kappa shape index (κ3) is 2.48. The van der Waals surface area contributed by atoms with E-state index in [1.165, 1.54) is 24.1 Å². The smallest absolute Gasteiger partial charge is 0.0503 e. The van der Waals surface area contributed by atoms with E-state index >= 15 is 0 Å². The molecule has 0 radical (unpaired) electrons. The lowest BCUT2D eigenvalue weighted by Gasteiger charge is -2.10. The molecule has 1 aromatic rings. The molecular formula is C12H17NO. The van der Waals surface area contributed by atoms with Gasteiger partial charge in [0.15, 0.2) is 0 Å². The molecule has 0 saturated heterocycles. The van der Waals surface area contributed by atoms with Gasteiger partial charge in [-0.05, 0) is 30.9 Å². The second kappa shape index (κ2) is 4.47. The third-order valence-corrected chi connectivity index (χ3v) is 2.53. The van der Waals surface area contributed by atoms with Crippen molar-refractivity contribution in [2.75, 3.05) is 19.0 Å². The third-order valence-electron chi connectivity index (χ3n) is 2.53. The standard InChI is InChI=1S/C12H17NO/c1-14-9-8-10-4-2-3-5-12(10)13-11-6-7-11/h2-5,11,13H,6-9H2,1H3. The number of anilines is 1. The fraction of sp³-hybridized carbons (Fsp3) is 0.500. The van der Waals surface area contributed by atoms with Crippen molar-refractivity contribution in [1.82, 2.24) is 0 Å². The van der Waals surface area contributed by atoms with Crippen LogP contribution in [0, 0.1) is 0 Å². The summed E-state index contributed by atoms with van der Waals surface area (Å²) in [5.74, 6) is 0. The minimum atomic E-state index is 0.721. The van der Waals surface area contributed by atoms with Crippen LogP contribution in [0.3, 0.4) is 0 Å². The van der Waals surface area contributed by atoms with Crippen LogP contribution in [0.5, 0.6) is 0 Å². The van der Waals surface area contributed by atoms with Gasteiger partial charge >= 0.3 is 0 Å². The van der Waals surface area contributed by atoms with Crippen LogP contribution in [0.1, 0.15) is 18.4 Å². The number of rotatable bonds is 5. The maximum Gasteiger partial charge on any atom is 0.0503 e. The molecule has 0 amide bonds. The van der Waals surface area contributed by atoms with Gasteiger partial charge in [0.1, 0.15) is 0 Å². The Kier molecular flexibility index (Phi) is 3.04. The monoisotopic (exact) mass is 191 g/mol.